The largest absolute Gasteiger partial charge is 0.726 e. The topological polar surface area (TPSA) is 96.0 Å². The summed E-state index contributed by atoms with van der Waals surface area (Å²) in [7, 11) is -3.60. The fourth-order valence-electron chi connectivity index (χ4n) is 1.03. The van der Waals surface area contributed by atoms with E-state index in [4.69, 9.17) is 4.74 Å². The van der Waals surface area contributed by atoms with Crippen LogP contribution in [0.2, 0.25) is 0 Å². The van der Waals surface area contributed by atoms with Gasteiger partial charge in [0.1, 0.15) is 0 Å². The van der Waals surface area contributed by atoms with Crippen LogP contribution in [0.3, 0.4) is 0 Å². The van der Waals surface area contributed by atoms with Crippen molar-refractivity contribution in [2.24, 2.45) is 0 Å². The average molecular weight is 282 g/mol. The maximum absolute atomic E-state index is 10.8. The number of nitrogens with zero attached hydrogens (tertiary/aromatic N) is 1. The van der Waals surface area contributed by atoms with Gasteiger partial charge in [-0.05, 0) is 20.0 Å². The van der Waals surface area contributed by atoms with Crippen molar-refractivity contribution in [3.63, 3.8) is 0 Å². The number of carbonyl (C=O) groups is 1. The summed E-state index contributed by atoms with van der Waals surface area (Å²) >= 11 is 0. The first-order valence-electron chi connectivity index (χ1n) is 5.30. The van der Waals surface area contributed by atoms with Crippen molar-refractivity contribution in [3.05, 3.63) is 12.7 Å². The van der Waals surface area contributed by atoms with E-state index in [1.54, 1.807) is 0 Å². The summed E-state index contributed by atoms with van der Waals surface area (Å²) in [6, 6.07) is 0. The van der Waals surface area contributed by atoms with Crippen LogP contribution in [0.5, 0.6) is 0 Å². The van der Waals surface area contributed by atoms with E-state index in [0.29, 0.717) is 0 Å². The maximum Gasteiger partial charge on any atom is 0.331 e. The number of rotatable bonds is 6. The normalized spacial score (nSPS) is 12.3. The van der Waals surface area contributed by atoms with Gasteiger partial charge in [0.25, 0.3) is 0 Å². The third kappa shape index (κ3) is 11.5. The molecule has 0 aromatic heterocycles. The Labute approximate surface area is 108 Å². The lowest BCUT2D eigenvalue weighted by Crippen LogP contribution is -2.35. The standard InChI is InChI=1S/C9H17NO2.CH4O4S/c1-5-9(11)12-8(4)10(6-2)7-3;1-5-6(2,3)4/h5,8H,1,6-7H2,2-4H3;1H3,(H,2,3,4)/p-1. The predicted octanol–water partition coefficient (Wildman–Crippen LogP) is 0.496. The van der Waals surface area contributed by atoms with E-state index < -0.39 is 10.4 Å². The minimum Gasteiger partial charge on any atom is -0.726 e. The highest BCUT2D eigenvalue weighted by molar-refractivity contribution is 7.80. The van der Waals surface area contributed by atoms with E-state index >= 15 is 0 Å². The van der Waals surface area contributed by atoms with Crippen LogP contribution in [0.4, 0.5) is 0 Å². The van der Waals surface area contributed by atoms with E-state index in [1.165, 1.54) is 6.08 Å². The Morgan fingerprint density at radius 3 is 2.06 bits per heavy atom. The smallest absolute Gasteiger partial charge is 0.331 e. The molecule has 0 saturated carbocycles. The number of esters is 1. The van der Waals surface area contributed by atoms with Gasteiger partial charge in [-0.25, -0.2) is 13.2 Å². The van der Waals surface area contributed by atoms with Crippen molar-refractivity contribution >= 4 is 16.4 Å². The molecular formula is C10H20NO6S-. The molecule has 1 atom stereocenters. The van der Waals surface area contributed by atoms with E-state index in [9.17, 15) is 17.8 Å². The fraction of sp³-hybridized carbons (Fsp3) is 0.700. The molecule has 18 heavy (non-hydrogen) atoms. The van der Waals surface area contributed by atoms with E-state index in [0.717, 1.165) is 20.2 Å². The Balaban J connectivity index is 0. The van der Waals surface area contributed by atoms with Crippen LogP contribution < -0.4 is 0 Å². The first-order chi connectivity index (χ1) is 8.21. The molecule has 0 spiro atoms. The summed E-state index contributed by atoms with van der Waals surface area (Å²) < 4.78 is 36.0. The van der Waals surface area contributed by atoms with Crippen molar-refractivity contribution in [2.45, 2.75) is 27.0 Å². The molecule has 0 aliphatic carbocycles. The molecule has 108 valence electrons. The highest BCUT2D eigenvalue weighted by Crippen LogP contribution is 2.00. The maximum atomic E-state index is 10.8. The minimum atomic E-state index is -4.41. The molecule has 0 heterocycles. The lowest BCUT2D eigenvalue weighted by molar-refractivity contribution is -0.150. The summed E-state index contributed by atoms with van der Waals surface area (Å²) in [6.07, 6.45) is 1.02. The van der Waals surface area contributed by atoms with Gasteiger partial charge in [0.2, 0.25) is 10.4 Å². The van der Waals surface area contributed by atoms with Crippen molar-refractivity contribution in [3.8, 4) is 0 Å². The van der Waals surface area contributed by atoms with E-state index in [2.05, 4.69) is 10.8 Å². The molecule has 0 aromatic carbocycles. The lowest BCUT2D eigenvalue weighted by Gasteiger charge is -2.25. The second-order valence-electron chi connectivity index (χ2n) is 3.04. The second-order valence-corrected chi connectivity index (χ2v) is 4.19. The van der Waals surface area contributed by atoms with Crippen LogP contribution >= 0.6 is 0 Å². The highest BCUT2D eigenvalue weighted by atomic mass is 32.3. The van der Waals surface area contributed by atoms with Crippen LogP contribution in [0.15, 0.2) is 12.7 Å². The van der Waals surface area contributed by atoms with Crippen LogP contribution in [-0.2, 0) is 24.1 Å². The third-order valence-electron chi connectivity index (χ3n) is 1.98. The van der Waals surface area contributed by atoms with Gasteiger partial charge >= 0.3 is 5.97 Å². The molecule has 0 aromatic rings. The van der Waals surface area contributed by atoms with Gasteiger partial charge in [-0.3, -0.25) is 9.08 Å². The van der Waals surface area contributed by atoms with Gasteiger partial charge in [0, 0.05) is 6.08 Å². The molecule has 0 saturated heterocycles. The summed E-state index contributed by atoms with van der Waals surface area (Å²) in [5.41, 5.74) is 0. The molecule has 0 rings (SSSR count). The van der Waals surface area contributed by atoms with Crippen LogP contribution in [-0.4, -0.2) is 50.3 Å². The van der Waals surface area contributed by atoms with Crippen molar-refractivity contribution in [1.29, 1.82) is 0 Å². The molecule has 0 aliphatic rings. The monoisotopic (exact) mass is 282 g/mol. The molecule has 1 unspecified atom stereocenters. The summed E-state index contributed by atoms with van der Waals surface area (Å²) in [4.78, 5) is 12.8. The molecule has 0 bridgehead atoms. The average Bonchev–Trinajstić information content (AvgIpc) is 2.30. The number of ether oxygens (including phenoxy) is 1. The Morgan fingerprint density at radius 2 is 1.83 bits per heavy atom. The van der Waals surface area contributed by atoms with Gasteiger partial charge in [0.05, 0.1) is 7.11 Å². The number of hydrogen-bond donors (Lipinski definition) is 0. The van der Waals surface area contributed by atoms with Crippen LogP contribution in [0.1, 0.15) is 20.8 Å². The molecule has 0 N–H and O–H groups in total. The van der Waals surface area contributed by atoms with Crippen molar-refractivity contribution in [2.75, 3.05) is 20.2 Å². The molecule has 0 fully saturated rings. The Kier molecular flexibility index (Phi) is 10.8. The lowest BCUT2D eigenvalue weighted by atomic mass is 10.4. The van der Waals surface area contributed by atoms with Crippen molar-refractivity contribution in [1.82, 2.24) is 4.90 Å². The second kappa shape index (κ2) is 10.0. The third-order valence-corrected chi connectivity index (χ3v) is 2.39. The SMILES string of the molecule is C=CC(=O)OC(C)N(CC)CC.COS(=O)(=O)[O-]. The Bertz CT molecular complexity index is 336. The zero-order chi connectivity index (χ0) is 14.8. The van der Waals surface area contributed by atoms with Gasteiger partial charge in [-0.1, -0.05) is 20.4 Å². The predicted molar refractivity (Wildman–Crippen MR) is 65.4 cm³/mol. The Hall–Kier alpha value is -0.960. The Morgan fingerprint density at radius 1 is 1.44 bits per heavy atom. The minimum absolute atomic E-state index is 0.162. The van der Waals surface area contributed by atoms with E-state index in [-0.39, 0.29) is 12.2 Å². The number of hydrogen-bond acceptors (Lipinski definition) is 7. The summed E-state index contributed by atoms with van der Waals surface area (Å²) in [5.74, 6) is -0.366. The zero-order valence-corrected chi connectivity index (χ0v) is 11.9. The van der Waals surface area contributed by atoms with Crippen LogP contribution in [0, 0.1) is 0 Å². The quantitative estimate of drug-likeness (QED) is 0.230. The summed E-state index contributed by atoms with van der Waals surface area (Å²) in [5, 5.41) is 0. The molecule has 8 heteroatoms. The highest BCUT2D eigenvalue weighted by Gasteiger charge is 2.12. The van der Waals surface area contributed by atoms with E-state index in [1.807, 2.05) is 25.7 Å². The van der Waals surface area contributed by atoms with Gasteiger partial charge in [0.15, 0.2) is 6.23 Å². The van der Waals surface area contributed by atoms with Gasteiger partial charge in [-0.15, -0.1) is 0 Å². The summed E-state index contributed by atoms with van der Waals surface area (Å²) in [6.45, 7) is 11.0. The molecule has 0 amide bonds. The van der Waals surface area contributed by atoms with Gasteiger partial charge < -0.3 is 9.29 Å². The molecule has 7 nitrogen and oxygen atoms in total. The fourth-order valence-corrected chi connectivity index (χ4v) is 1.03. The first-order valence-corrected chi connectivity index (χ1v) is 6.63. The number of carbonyl (C=O) groups excluding carboxylic acids is 1. The zero-order valence-electron chi connectivity index (χ0n) is 11.1. The van der Waals surface area contributed by atoms with Crippen molar-refractivity contribution < 1.29 is 26.7 Å². The molecule has 0 aliphatic heterocycles. The molecular weight excluding hydrogens is 262 g/mol. The first kappa shape index (κ1) is 19.4. The van der Waals surface area contributed by atoms with Crippen LogP contribution in [0.25, 0.3) is 0 Å². The molecule has 0 radical (unpaired) electrons. The van der Waals surface area contributed by atoms with Gasteiger partial charge in [-0.2, -0.15) is 0 Å².